The first-order valence-electron chi connectivity index (χ1n) is 5.78. The summed E-state index contributed by atoms with van der Waals surface area (Å²) in [7, 11) is 0. The highest BCUT2D eigenvalue weighted by Crippen LogP contribution is 2.40. The number of nitrogens with zero attached hydrogens (tertiary/aromatic N) is 2. The third kappa shape index (κ3) is 2.27. The first kappa shape index (κ1) is 12.3. The molecule has 2 aromatic rings. The van der Waals surface area contributed by atoms with Crippen LogP contribution < -0.4 is 4.90 Å². The SMILES string of the molecule is O=C1C(c2ccccn2)SC(=S)N1c1ccccc1. The number of aromatic nitrogens is 1. The minimum absolute atomic E-state index is 0.0279. The Balaban J connectivity index is 1.94. The van der Waals surface area contributed by atoms with E-state index in [1.807, 2.05) is 48.5 Å². The summed E-state index contributed by atoms with van der Waals surface area (Å²) in [6, 6.07) is 15.0. The van der Waals surface area contributed by atoms with Crippen LogP contribution in [0.4, 0.5) is 5.69 Å². The number of carbonyl (C=O) groups is 1. The second-order valence-electron chi connectivity index (χ2n) is 4.03. The molecule has 3 rings (SSSR count). The predicted octanol–water partition coefficient (Wildman–Crippen LogP) is 3.19. The molecule has 0 N–H and O–H groups in total. The molecule has 19 heavy (non-hydrogen) atoms. The molecule has 1 atom stereocenters. The van der Waals surface area contributed by atoms with E-state index in [2.05, 4.69) is 4.98 Å². The lowest BCUT2D eigenvalue weighted by atomic mass is 10.2. The van der Waals surface area contributed by atoms with Crippen molar-refractivity contribution in [1.82, 2.24) is 4.98 Å². The summed E-state index contributed by atoms with van der Waals surface area (Å²) in [5.74, 6) is -0.0279. The minimum Gasteiger partial charge on any atom is -0.272 e. The molecule has 1 saturated heterocycles. The fourth-order valence-electron chi connectivity index (χ4n) is 1.94. The summed E-state index contributed by atoms with van der Waals surface area (Å²) in [6.07, 6.45) is 1.69. The third-order valence-electron chi connectivity index (χ3n) is 2.82. The van der Waals surface area contributed by atoms with E-state index in [0.717, 1.165) is 11.4 Å². The van der Waals surface area contributed by atoms with Crippen molar-refractivity contribution in [2.45, 2.75) is 5.25 Å². The monoisotopic (exact) mass is 286 g/mol. The number of benzene rings is 1. The molecule has 1 aromatic carbocycles. The van der Waals surface area contributed by atoms with Gasteiger partial charge in [0.2, 0.25) is 0 Å². The van der Waals surface area contributed by atoms with Crippen LogP contribution in [0.1, 0.15) is 10.9 Å². The number of hydrogen-bond donors (Lipinski definition) is 0. The Morgan fingerprint density at radius 2 is 1.84 bits per heavy atom. The Hall–Kier alpha value is -1.72. The van der Waals surface area contributed by atoms with Crippen molar-refractivity contribution in [2.75, 3.05) is 4.90 Å². The molecule has 1 unspecified atom stereocenters. The van der Waals surface area contributed by atoms with E-state index < -0.39 is 0 Å². The van der Waals surface area contributed by atoms with Gasteiger partial charge in [-0.05, 0) is 24.3 Å². The van der Waals surface area contributed by atoms with Gasteiger partial charge in [0.25, 0.3) is 5.91 Å². The summed E-state index contributed by atoms with van der Waals surface area (Å²) in [5.41, 5.74) is 1.56. The Kier molecular flexibility index (Phi) is 3.31. The normalized spacial score (nSPS) is 18.9. The molecule has 1 amide bonds. The summed E-state index contributed by atoms with van der Waals surface area (Å²) < 4.78 is 0.576. The third-order valence-corrected chi connectivity index (χ3v) is 4.35. The number of amides is 1. The van der Waals surface area contributed by atoms with Gasteiger partial charge in [0.1, 0.15) is 9.57 Å². The zero-order valence-electron chi connectivity index (χ0n) is 9.89. The van der Waals surface area contributed by atoms with Gasteiger partial charge in [-0.25, -0.2) is 0 Å². The Labute approximate surface area is 120 Å². The van der Waals surface area contributed by atoms with Gasteiger partial charge >= 0.3 is 0 Å². The lowest BCUT2D eigenvalue weighted by molar-refractivity contribution is -0.117. The molecule has 1 aromatic heterocycles. The molecule has 1 aliphatic rings. The van der Waals surface area contributed by atoms with E-state index in [9.17, 15) is 4.79 Å². The van der Waals surface area contributed by atoms with E-state index in [0.29, 0.717) is 4.32 Å². The lowest BCUT2D eigenvalue weighted by Gasteiger charge is -2.15. The summed E-state index contributed by atoms with van der Waals surface area (Å²) in [5, 5.41) is -0.339. The van der Waals surface area contributed by atoms with Gasteiger partial charge in [-0.3, -0.25) is 14.7 Å². The average molecular weight is 286 g/mol. The van der Waals surface area contributed by atoms with E-state index in [-0.39, 0.29) is 11.2 Å². The van der Waals surface area contributed by atoms with Crippen LogP contribution in [0.2, 0.25) is 0 Å². The van der Waals surface area contributed by atoms with E-state index in [4.69, 9.17) is 12.2 Å². The topological polar surface area (TPSA) is 33.2 Å². The number of thiocarbonyl (C=S) groups is 1. The predicted molar refractivity (Wildman–Crippen MR) is 81.1 cm³/mol. The molecule has 3 nitrogen and oxygen atoms in total. The van der Waals surface area contributed by atoms with Crippen LogP contribution in [0.3, 0.4) is 0 Å². The zero-order valence-corrected chi connectivity index (χ0v) is 11.5. The first-order chi connectivity index (χ1) is 9.27. The fraction of sp³-hybridized carbons (Fsp3) is 0.0714. The number of anilines is 1. The molecule has 5 heteroatoms. The smallest absolute Gasteiger partial charge is 0.252 e. The van der Waals surface area contributed by atoms with Crippen molar-refractivity contribution in [1.29, 1.82) is 0 Å². The summed E-state index contributed by atoms with van der Waals surface area (Å²) >= 11 is 6.69. The van der Waals surface area contributed by atoms with Crippen LogP contribution in [-0.2, 0) is 4.79 Å². The van der Waals surface area contributed by atoms with E-state index >= 15 is 0 Å². The van der Waals surface area contributed by atoms with Gasteiger partial charge in [0, 0.05) is 6.20 Å². The maximum atomic E-state index is 12.5. The molecule has 1 aliphatic heterocycles. The second-order valence-corrected chi connectivity index (χ2v) is 5.77. The molecule has 0 saturated carbocycles. The van der Waals surface area contributed by atoms with Gasteiger partial charge in [0.05, 0.1) is 11.4 Å². The van der Waals surface area contributed by atoms with Crippen LogP contribution in [-0.4, -0.2) is 15.2 Å². The van der Waals surface area contributed by atoms with Crippen LogP contribution in [0.25, 0.3) is 0 Å². The van der Waals surface area contributed by atoms with Crippen molar-refractivity contribution < 1.29 is 4.79 Å². The number of carbonyl (C=O) groups excluding carboxylic acids is 1. The van der Waals surface area contributed by atoms with Crippen molar-refractivity contribution in [2.24, 2.45) is 0 Å². The molecule has 2 heterocycles. The first-order valence-corrected chi connectivity index (χ1v) is 7.07. The largest absolute Gasteiger partial charge is 0.272 e. The standard InChI is InChI=1S/C14H10N2OS2/c17-13-12(11-8-4-5-9-15-11)19-14(18)16(13)10-6-2-1-3-7-10/h1-9,12H. The van der Waals surface area contributed by atoms with Crippen molar-refractivity contribution in [3.05, 3.63) is 60.4 Å². The number of para-hydroxylation sites is 1. The van der Waals surface area contributed by atoms with Gasteiger partial charge in [-0.2, -0.15) is 0 Å². The van der Waals surface area contributed by atoms with E-state index in [1.54, 1.807) is 11.1 Å². The van der Waals surface area contributed by atoms with Crippen LogP contribution in [0.5, 0.6) is 0 Å². The number of hydrogen-bond acceptors (Lipinski definition) is 4. The Morgan fingerprint density at radius 1 is 1.11 bits per heavy atom. The second kappa shape index (κ2) is 5.11. The molecule has 0 aliphatic carbocycles. The van der Waals surface area contributed by atoms with Crippen molar-refractivity contribution >= 4 is 39.9 Å². The highest BCUT2D eigenvalue weighted by molar-refractivity contribution is 8.24. The van der Waals surface area contributed by atoms with Gasteiger partial charge in [0.15, 0.2) is 0 Å². The average Bonchev–Trinajstić information content (AvgIpc) is 2.76. The van der Waals surface area contributed by atoms with Crippen molar-refractivity contribution in [3.8, 4) is 0 Å². The summed E-state index contributed by atoms with van der Waals surface area (Å²) in [6.45, 7) is 0. The molecule has 94 valence electrons. The van der Waals surface area contributed by atoms with Gasteiger partial charge in [-0.1, -0.05) is 48.2 Å². The Bertz CT molecular complexity index is 616. The van der Waals surface area contributed by atoms with Crippen molar-refractivity contribution in [3.63, 3.8) is 0 Å². The zero-order chi connectivity index (χ0) is 13.2. The minimum atomic E-state index is -0.339. The lowest BCUT2D eigenvalue weighted by Crippen LogP contribution is -2.29. The molecular formula is C14H10N2OS2. The highest BCUT2D eigenvalue weighted by Gasteiger charge is 2.39. The number of pyridine rings is 1. The quantitative estimate of drug-likeness (QED) is 0.794. The van der Waals surface area contributed by atoms with Crippen LogP contribution >= 0.6 is 24.0 Å². The molecular weight excluding hydrogens is 276 g/mol. The maximum Gasteiger partial charge on any atom is 0.252 e. The molecule has 1 fully saturated rings. The number of rotatable bonds is 2. The van der Waals surface area contributed by atoms with E-state index in [1.165, 1.54) is 11.8 Å². The Morgan fingerprint density at radius 3 is 2.53 bits per heavy atom. The van der Waals surface area contributed by atoms with Gasteiger partial charge < -0.3 is 0 Å². The molecule has 0 radical (unpaired) electrons. The molecule has 0 bridgehead atoms. The molecule has 0 spiro atoms. The van der Waals surface area contributed by atoms with Crippen LogP contribution in [0.15, 0.2) is 54.7 Å². The maximum absolute atomic E-state index is 12.5. The summed E-state index contributed by atoms with van der Waals surface area (Å²) in [4.78, 5) is 18.3. The van der Waals surface area contributed by atoms with Crippen LogP contribution in [0, 0.1) is 0 Å². The van der Waals surface area contributed by atoms with Gasteiger partial charge in [-0.15, -0.1) is 0 Å². The fourth-order valence-corrected chi connectivity index (χ4v) is 3.39. The number of thioether (sulfide) groups is 1. The highest BCUT2D eigenvalue weighted by atomic mass is 32.2.